The predicted octanol–water partition coefficient (Wildman–Crippen LogP) is 1.98. The molecular formula is C11H12O4. The maximum Gasteiger partial charge on any atom is 0.335 e. The summed E-state index contributed by atoms with van der Waals surface area (Å²) in [5, 5.41) is 8.76. The van der Waals surface area contributed by atoms with E-state index in [1.807, 2.05) is 13.8 Å². The van der Waals surface area contributed by atoms with Gasteiger partial charge in [-0.2, -0.15) is 0 Å². The fraction of sp³-hybridized carbons (Fsp3) is 0.273. The number of ether oxygens (including phenoxy) is 1. The van der Waals surface area contributed by atoms with Crippen LogP contribution < -0.4 is 4.74 Å². The van der Waals surface area contributed by atoms with Crippen LogP contribution in [0.15, 0.2) is 18.2 Å². The van der Waals surface area contributed by atoms with Gasteiger partial charge >= 0.3 is 5.97 Å². The van der Waals surface area contributed by atoms with E-state index < -0.39 is 5.97 Å². The molecule has 0 radical (unpaired) electrons. The van der Waals surface area contributed by atoms with Crippen molar-refractivity contribution in [2.75, 3.05) is 0 Å². The van der Waals surface area contributed by atoms with Crippen LogP contribution in [0.1, 0.15) is 34.6 Å². The lowest BCUT2D eigenvalue weighted by atomic mass is 10.1. The number of rotatable bonds is 4. The van der Waals surface area contributed by atoms with E-state index in [1.54, 1.807) is 0 Å². The molecule has 1 rings (SSSR count). The van der Waals surface area contributed by atoms with E-state index in [0.29, 0.717) is 17.6 Å². The Hall–Kier alpha value is -1.84. The second-order valence-electron chi connectivity index (χ2n) is 3.34. The average Bonchev–Trinajstić information content (AvgIpc) is 2.16. The number of carbonyl (C=O) groups excluding carboxylic acids is 1. The minimum atomic E-state index is -1.04. The molecule has 1 aromatic carbocycles. The number of carbonyl (C=O) groups is 2. The molecule has 0 aliphatic rings. The van der Waals surface area contributed by atoms with Crippen molar-refractivity contribution >= 4 is 12.3 Å². The van der Waals surface area contributed by atoms with Gasteiger partial charge in [0.2, 0.25) is 0 Å². The largest absolute Gasteiger partial charge is 0.490 e. The third-order valence-electron chi connectivity index (χ3n) is 1.75. The van der Waals surface area contributed by atoms with Crippen LogP contribution in [0.4, 0.5) is 0 Å². The van der Waals surface area contributed by atoms with Crippen LogP contribution in [0.2, 0.25) is 0 Å². The van der Waals surface area contributed by atoms with Gasteiger partial charge in [-0.3, -0.25) is 4.79 Å². The molecule has 80 valence electrons. The maximum atomic E-state index is 10.7. The van der Waals surface area contributed by atoms with E-state index in [0.717, 1.165) is 0 Å². The Morgan fingerprint density at radius 3 is 2.60 bits per heavy atom. The summed E-state index contributed by atoms with van der Waals surface area (Å²) in [4.78, 5) is 21.4. The summed E-state index contributed by atoms with van der Waals surface area (Å²) >= 11 is 0. The maximum absolute atomic E-state index is 10.7. The molecule has 0 unspecified atom stereocenters. The van der Waals surface area contributed by atoms with Gasteiger partial charge in [-0.25, -0.2) is 4.79 Å². The monoisotopic (exact) mass is 208 g/mol. The van der Waals surface area contributed by atoms with Crippen molar-refractivity contribution in [2.45, 2.75) is 20.0 Å². The SMILES string of the molecule is CC(C)Oc1cc(C(=O)O)ccc1C=O. The third kappa shape index (κ3) is 2.80. The highest BCUT2D eigenvalue weighted by Gasteiger charge is 2.09. The van der Waals surface area contributed by atoms with Crippen LogP contribution in [0, 0.1) is 0 Å². The van der Waals surface area contributed by atoms with Crippen LogP contribution in [-0.4, -0.2) is 23.5 Å². The Balaban J connectivity index is 3.12. The lowest BCUT2D eigenvalue weighted by Crippen LogP contribution is -2.08. The van der Waals surface area contributed by atoms with Crippen LogP contribution in [-0.2, 0) is 0 Å². The number of aldehydes is 1. The quantitative estimate of drug-likeness (QED) is 0.768. The number of hydrogen-bond donors (Lipinski definition) is 1. The van der Waals surface area contributed by atoms with Gasteiger partial charge in [-0.1, -0.05) is 0 Å². The molecule has 0 aliphatic heterocycles. The van der Waals surface area contributed by atoms with Crippen LogP contribution >= 0.6 is 0 Å². The fourth-order valence-electron chi connectivity index (χ4n) is 1.12. The number of aromatic carboxylic acids is 1. The summed E-state index contributed by atoms with van der Waals surface area (Å²) in [6, 6.07) is 4.17. The van der Waals surface area contributed by atoms with E-state index in [4.69, 9.17) is 9.84 Å². The molecule has 0 fully saturated rings. The minimum absolute atomic E-state index is 0.104. The van der Waals surface area contributed by atoms with Crippen LogP contribution in [0.25, 0.3) is 0 Å². The Morgan fingerprint density at radius 1 is 1.47 bits per heavy atom. The van der Waals surface area contributed by atoms with Crippen molar-refractivity contribution in [2.24, 2.45) is 0 Å². The highest BCUT2D eigenvalue weighted by atomic mass is 16.5. The number of carboxylic acids is 1. The summed E-state index contributed by atoms with van der Waals surface area (Å²) in [6.45, 7) is 3.62. The molecule has 0 bridgehead atoms. The summed E-state index contributed by atoms with van der Waals surface area (Å²) in [7, 11) is 0. The molecule has 0 atom stereocenters. The van der Waals surface area contributed by atoms with E-state index in [1.165, 1.54) is 18.2 Å². The fourth-order valence-corrected chi connectivity index (χ4v) is 1.12. The van der Waals surface area contributed by atoms with Crippen LogP contribution in [0.3, 0.4) is 0 Å². The zero-order valence-electron chi connectivity index (χ0n) is 8.56. The molecule has 0 heterocycles. The molecule has 1 N–H and O–H groups in total. The van der Waals surface area contributed by atoms with Gasteiger partial charge < -0.3 is 9.84 Å². The van der Waals surface area contributed by atoms with Gasteiger partial charge in [0.05, 0.1) is 17.2 Å². The number of hydrogen-bond acceptors (Lipinski definition) is 3. The van der Waals surface area contributed by atoms with Crippen molar-refractivity contribution in [3.05, 3.63) is 29.3 Å². The second-order valence-corrected chi connectivity index (χ2v) is 3.34. The lowest BCUT2D eigenvalue weighted by Gasteiger charge is -2.11. The van der Waals surface area contributed by atoms with Gasteiger partial charge in [0.25, 0.3) is 0 Å². The highest BCUT2D eigenvalue weighted by molar-refractivity contribution is 5.90. The first kappa shape index (κ1) is 11.2. The van der Waals surface area contributed by atoms with Gasteiger partial charge in [0.1, 0.15) is 5.75 Å². The topological polar surface area (TPSA) is 63.6 Å². The van der Waals surface area contributed by atoms with Crippen molar-refractivity contribution < 1.29 is 19.4 Å². The molecule has 0 aliphatic carbocycles. The molecule has 15 heavy (non-hydrogen) atoms. The number of carboxylic acid groups (broad SMARTS) is 1. The van der Waals surface area contributed by atoms with E-state index in [9.17, 15) is 9.59 Å². The van der Waals surface area contributed by atoms with Crippen molar-refractivity contribution in [1.29, 1.82) is 0 Å². The molecule has 0 aromatic heterocycles. The van der Waals surface area contributed by atoms with E-state index in [2.05, 4.69) is 0 Å². The molecule has 0 saturated heterocycles. The third-order valence-corrected chi connectivity index (χ3v) is 1.75. The van der Waals surface area contributed by atoms with Gasteiger partial charge in [0, 0.05) is 0 Å². The Kier molecular flexibility index (Phi) is 3.44. The standard InChI is InChI=1S/C11H12O4/c1-7(2)15-10-5-8(11(13)14)3-4-9(10)6-12/h3-7H,1-2H3,(H,13,14). The van der Waals surface area contributed by atoms with Crippen LogP contribution in [0.5, 0.6) is 5.75 Å². The molecule has 0 saturated carbocycles. The highest BCUT2D eigenvalue weighted by Crippen LogP contribution is 2.20. The van der Waals surface area contributed by atoms with E-state index in [-0.39, 0.29) is 11.7 Å². The Morgan fingerprint density at radius 2 is 2.13 bits per heavy atom. The van der Waals surface area contributed by atoms with Gasteiger partial charge in [-0.05, 0) is 32.0 Å². The second kappa shape index (κ2) is 4.59. The zero-order chi connectivity index (χ0) is 11.4. The predicted molar refractivity (Wildman–Crippen MR) is 54.6 cm³/mol. The van der Waals surface area contributed by atoms with Crippen molar-refractivity contribution in [1.82, 2.24) is 0 Å². The zero-order valence-corrected chi connectivity index (χ0v) is 8.56. The minimum Gasteiger partial charge on any atom is -0.490 e. The summed E-state index contributed by atoms with van der Waals surface area (Å²) in [6.07, 6.45) is 0.538. The van der Waals surface area contributed by atoms with Crippen molar-refractivity contribution in [3.8, 4) is 5.75 Å². The van der Waals surface area contributed by atoms with E-state index >= 15 is 0 Å². The molecule has 4 nitrogen and oxygen atoms in total. The molecule has 4 heteroatoms. The first-order valence-corrected chi connectivity index (χ1v) is 4.53. The number of benzene rings is 1. The average molecular weight is 208 g/mol. The smallest absolute Gasteiger partial charge is 0.335 e. The Labute approximate surface area is 87.5 Å². The molecule has 0 spiro atoms. The molecule has 1 aromatic rings. The summed E-state index contributed by atoms with van der Waals surface area (Å²) < 4.78 is 5.33. The van der Waals surface area contributed by atoms with Crippen molar-refractivity contribution in [3.63, 3.8) is 0 Å². The first-order chi connectivity index (χ1) is 7.04. The molecule has 0 amide bonds. The lowest BCUT2D eigenvalue weighted by molar-refractivity contribution is 0.0695. The Bertz CT molecular complexity index is 382. The first-order valence-electron chi connectivity index (χ1n) is 4.53. The summed E-state index contributed by atoms with van der Waals surface area (Å²) in [5.74, 6) is -0.735. The molecular weight excluding hydrogens is 196 g/mol. The summed E-state index contributed by atoms with van der Waals surface area (Å²) in [5.41, 5.74) is 0.463. The van der Waals surface area contributed by atoms with Gasteiger partial charge in [0.15, 0.2) is 6.29 Å². The van der Waals surface area contributed by atoms with Gasteiger partial charge in [-0.15, -0.1) is 0 Å². The normalized spacial score (nSPS) is 10.1.